The third-order valence-electron chi connectivity index (χ3n) is 2.54. The smallest absolute Gasteiger partial charge is 0.406 e. The summed E-state index contributed by atoms with van der Waals surface area (Å²) in [4.78, 5) is -0.189. The normalized spacial score (nSPS) is 13.2. The molecule has 0 aliphatic carbocycles. The van der Waals surface area contributed by atoms with Crippen LogP contribution in [-0.2, 0) is 10.0 Å². The number of alkyl halides is 3. The number of aliphatic hydroxyl groups is 1. The molecule has 1 aromatic carbocycles. The zero-order chi connectivity index (χ0) is 16.3. The predicted molar refractivity (Wildman–Crippen MR) is 69.2 cm³/mol. The van der Waals surface area contributed by atoms with Crippen molar-refractivity contribution >= 4 is 10.0 Å². The lowest BCUT2D eigenvalue weighted by molar-refractivity contribution is -0.274. The van der Waals surface area contributed by atoms with E-state index in [1.165, 1.54) is 0 Å². The number of nitrogens with one attached hydrogen (secondary N) is 1. The number of rotatable bonds is 6. The van der Waals surface area contributed by atoms with E-state index in [-0.39, 0.29) is 18.0 Å². The Kier molecular flexibility index (Phi) is 5.24. The highest BCUT2D eigenvalue weighted by atomic mass is 32.2. The summed E-state index contributed by atoms with van der Waals surface area (Å²) >= 11 is 0. The number of hydrogen-bond donors (Lipinski definition) is 2. The number of ether oxygens (including phenoxy) is 1. The Hall–Kier alpha value is -1.32. The van der Waals surface area contributed by atoms with E-state index in [1.807, 2.05) is 0 Å². The zero-order valence-corrected chi connectivity index (χ0v) is 12.3. The Morgan fingerprint density at radius 2 is 1.71 bits per heavy atom. The molecule has 2 N–H and O–H groups in total. The second kappa shape index (κ2) is 6.20. The maximum Gasteiger partial charge on any atom is 0.573 e. The van der Waals surface area contributed by atoms with Crippen molar-refractivity contribution in [3.05, 3.63) is 24.3 Å². The van der Waals surface area contributed by atoms with Crippen molar-refractivity contribution in [2.24, 2.45) is 5.41 Å². The highest BCUT2D eigenvalue weighted by molar-refractivity contribution is 7.89. The first-order valence-corrected chi connectivity index (χ1v) is 7.40. The minimum Gasteiger partial charge on any atom is -0.406 e. The average Bonchev–Trinajstić information content (AvgIpc) is 2.35. The first kappa shape index (κ1) is 17.7. The predicted octanol–water partition coefficient (Wildman–Crippen LogP) is 1.88. The average molecular weight is 327 g/mol. The molecule has 0 amide bonds. The van der Waals surface area contributed by atoms with Gasteiger partial charge in [0.05, 0.1) is 4.90 Å². The number of hydrogen-bond acceptors (Lipinski definition) is 4. The first-order chi connectivity index (χ1) is 9.45. The highest BCUT2D eigenvalue weighted by Crippen LogP contribution is 2.24. The molecule has 0 fully saturated rings. The van der Waals surface area contributed by atoms with Crippen LogP contribution in [0.3, 0.4) is 0 Å². The van der Waals surface area contributed by atoms with Crippen LogP contribution in [0.25, 0.3) is 0 Å². The summed E-state index contributed by atoms with van der Waals surface area (Å²) in [7, 11) is -3.86. The summed E-state index contributed by atoms with van der Waals surface area (Å²) < 4.78 is 65.8. The monoisotopic (exact) mass is 327 g/mol. The lowest BCUT2D eigenvalue weighted by Gasteiger charge is -2.21. The fourth-order valence-corrected chi connectivity index (χ4v) is 2.49. The molecule has 0 heterocycles. The molecule has 1 rings (SSSR count). The van der Waals surface area contributed by atoms with Crippen molar-refractivity contribution in [3.63, 3.8) is 0 Å². The summed E-state index contributed by atoms with van der Waals surface area (Å²) in [5.41, 5.74) is -0.646. The molecule has 1 aromatic rings. The molecule has 0 saturated carbocycles. The van der Waals surface area contributed by atoms with Gasteiger partial charge in [0, 0.05) is 18.6 Å². The van der Waals surface area contributed by atoms with E-state index < -0.39 is 27.6 Å². The molecule has 0 saturated heterocycles. The fourth-order valence-electron chi connectivity index (χ4n) is 1.25. The van der Waals surface area contributed by atoms with Crippen molar-refractivity contribution in [2.75, 3.05) is 13.2 Å². The van der Waals surface area contributed by atoms with Crippen molar-refractivity contribution in [1.82, 2.24) is 4.72 Å². The van der Waals surface area contributed by atoms with Gasteiger partial charge in [0.1, 0.15) is 5.75 Å². The second-order valence-corrected chi connectivity index (χ2v) is 6.93. The van der Waals surface area contributed by atoms with Crippen LogP contribution in [0.2, 0.25) is 0 Å². The van der Waals surface area contributed by atoms with E-state index in [9.17, 15) is 21.6 Å². The van der Waals surface area contributed by atoms with E-state index in [1.54, 1.807) is 13.8 Å². The van der Waals surface area contributed by atoms with Gasteiger partial charge in [0.15, 0.2) is 0 Å². The van der Waals surface area contributed by atoms with Gasteiger partial charge in [-0.1, -0.05) is 13.8 Å². The molecule has 0 bridgehead atoms. The number of halogens is 3. The number of sulfonamides is 1. The van der Waals surface area contributed by atoms with Crippen LogP contribution in [-0.4, -0.2) is 33.0 Å². The van der Waals surface area contributed by atoms with Gasteiger partial charge in [-0.2, -0.15) is 0 Å². The van der Waals surface area contributed by atoms with Crippen molar-refractivity contribution < 1.29 is 31.4 Å². The Balaban J connectivity index is 2.81. The van der Waals surface area contributed by atoms with Crippen LogP contribution in [0.4, 0.5) is 13.2 Å². The summed E-state index contributed by atoms with van der Waals surface area (Å²) in [5.74, 6) is -0.503. The Morgan fingerprint density at radius 3 is 2.14 bits per heavy atom. The highest BCUT2D eigenvalue weighted by Gasteiger charge is 2.31. The van der Waals surface area contributed by atoms with Gasteiger partial charge in [-0.15, -0.1) is 13.2 Å². The van der Waals surface area contributed by atoms with Gasteiger partial charge in [-0.3, -0.25) is 0 Å². The molecule has 120 valence electrons. The summed E-state index contributed by atoms with van der Waals surface area (Å²) in [6.45, 7) is 3.10. The summed E-state index contributed by atoms with van der Waals surface area (Å²) in [6, 6.07) is 3.85. The van der Waals surface area contributed by atoms with E-state index >= 15 is 0 Å². The van der Waals surface area contributed by atoms with E-state index in [0.29, 0.717) is 0 Å². The lowest BCUT2D eigenvalue weighted by atomic mass is 9.96. The largest absolute Gasteiger partial charge is 0.573 e. The molecule has 5 nitrogen and oxygen atoms in total. The molecule has 9 heteroatoms. The second-order valence-electron chi connectivity index (χ2n) is 5.17. The van der Waals surface area contributed by atoms with Crippen LogP contribution < -0.4 is 9.46 Å². The molecule has 0 atom stereocenters. The molecule has 0 aliphatic rings. The Bertz CT molecular complexity index is 567. The number of aliphatic hydroxyl groups excluding tert-OH is 1. The molecular weight excluding hydrogens is 311 g/mol. The van der Waals surface area contributed by atoms with Gasteiger partial charge in [0.25, 0.3) is 0 Å². The van der Waals surface area contributed by atoms with Gasteiger partial charge >= 0.3 is 6.36 Å². The minimum atomic E-state index is -4.83. The molecule has 21 heavy (non-hydrogen) atoms. The third-order valence-corrected chi connectivity index (χ3v) is 3.95. The lowest BCUT2D eigenvalue weighted by Crippen LogP contribution is -2.36. The molecule has 0 aliphatic heterocycles. The molecular formula is C12H16F3NO4S. The number of benzene rings is 1. The standard InChI is InChI=1S/C12H16F3NO4S/c1-11(2,8-17)7-16-21(18,19)10-5-3-9(4-6-10)20-12(13,14)15/h3-6,16-17H,7-8H2,1-2H3. The van der Waals surface area contributed by atoms with Crippen LogP contribution in [0, 0.1) is 5.41 Å². The molecule has 0 unspecified atom stereocenters. The van der Waals surface area contributed by atoms with Crippen molar-refractivity contribution in [3.8, 4) is 5.75 Å². The van der Waals surface area contributed by atoms with Crippen LogP contribution in [0.1, 0.15) is 13.8 Å². The molecule has 0 spiro atoms. The van der Waals surface area contributed by atoms with Crippen LogP contribution in [0.5, 0.6) is 5.75 Å². The topological polar surface area (TPSA) is 75.6 Å². The maximum absolute atomic E-state index is 12.0. The van der Waals surface area contributed by atoms with E-state index in [4.69, 9.17) is 5.11 Å². The quantitative estimate of drug-likeness (QED) is 0.836. The van der Waals surface area contributed by atoms with E-state index in [2.05, 4.69) is 9.46 Å². The Labute approximate surface area is 120 Å². The first-order valence-electron chi connectivity index (χ1n) is 5.92. The van der Waals surface area contributed by atoms with Crippen molar-refractivity contribution in [2.45, 2.75) is 25.1 Å². The van der Waals surface area contributed by atoms with Gasteiger partial charge in [0.2, 0.25) is 10.0 Å². The van der Waals surface area contributed by atoms with Crippen LogP contribution >= 0.6 is 0 Å². The molecule has 0 radical (unpaired) electrons. The van der Waals surface area contributed by atoms with Gasteiger partial charge in [-0.25, -0.2) is 13.1 Å². The summed E-state index contributed by atoms with van der Waals surface area (Å²) in [6.07, 6.45) is -4.83. The van der Waals surface area contributed by atoms with Crippen LogP contribution in [0.15, 0.2) is 29.2 Å². The Morgan fingerprint density at radius 1 is 1.19 bits per heavy atom. The van der Waals surface area contributed by atoms with E-state index in [0.717, 1.165) is 24.3 Å². The van der Waals surface area contributed by atoms with Crippen molar-refractivity contribution in [1.29, 1.82) is 0 Å². The van der Waals surface area contributed by atoms with Gasteiger partial charge < -0.3 is 9.84 Å². The maximum atomic E-state index is 12.0. The minimum absolute atomic E-state index is 0.00731. The third kappa shape index (κ3) is 5.90. The fraction of sp³-hybridized carbons (Fsp3) is 0.500. The summed E-state index contributed by atoms with van der Waals surface area (Å²) in [5, 5.41) is 9.05. The zero-order valence-electron chi connectivity index (χ0n) is 11.4. The molecule has 0 aromatic heterocycles. The van der Waals surface area contributed by atoms with Gasteiger partial charge in [-0.05, 0) is 24.3 Å². The SMILES string of the molecule is CC(C)(CO)CNS(=O)(=O)c1ccc(OC(F)(F)F)cc1.